The zero-order valence-electron chi connectivity index (χ0n) is 12.1. The highest BCUT2D eigenvalue weighted by molar-refractivity contribution is 5.95. The Morgan fingerprint density at radius 1 is 1.40 bits per heavy atom. The summed E-state index contributed by atoms with van der Waals surface area (Å²) in [7, 11) is 0. The molecule has 0 spiro atoms. The third kappa shape index (κ3) is 4.05. The number of hydrogen-bond donors (Lipinski definition) is 2. The number of aliphatic hydroxyl groups is 1. The minimum atomic E-state index is -0.381. The molecule has 0 bridgehead atoms. The molecule has 0 saturated heterocycles. The molecule has 2 N–H and O–H groups in total. The Balaban J connectivity index is 2.82. The molecule has 1 atom stereocenters. The van der Waals surface area contributed by atoms with Gasteiger partial charge in [-0.05, 0) is 32.9 Å². The molecule has 5 heteroatoms. The third-order valence-corrected chi connectivity index (χ3v) is 3.20. The van der Waals surface area contributed by atoms with Gasteiger partial charge in [0.25, 0.3) is 0 Å². The van der Waals surface area contributed by atoms with Gasteiger partial charge in [-0.25, -0.2) is 0 Å². The predicted octanol–water partition coefficient (Wildman–Crippen LogP) is 1.59. The van der Waals surface area contributed by atoms with E-state index in [0.717, 1.165) is 0 Å². The molecule has 1 aromatic rings. The summed E-state index contributed by atoms with van der Waals surface area (Å²) in [6, 6.07) is 8.71. The fourth-order valence-electron chi connectivity index (χ4n) is 2.09. The van der Waals surface area contributed by atoms with Crippen LogP contribution >= 0.6 is 0 Å². The Labute approximate surface area is 119 Å². The van der Waals surface area contributed by atoms with Crippen LogP contribution in [0.15, 0.2) is 24.3 Å². The quantitative estimate of drug-likeness (QED) is 0.826. The number of rotatable bonds is 6. The monoisotopic (exact) mass is 275 g/mol. The van der Waals surface area contributed by atoms with Gasteiger partial charge in [0.2, 0.25) is 5.91 Å². The van der Waals surface area contributed by atoms with Crippen molar-refractivity contribution in [1.82, 2.24) is 4.90 Å². The first-order chi connectivity index (χ1) is 9.51. The molecule has 1 aromatic carbocycles. The summed E-state index contributed by atoms with van der Waals surface area (Å²) in [6.45, 7) is 6.18. The average Bonchev–Trinajstić information content (AvgIpc) is 2.44. The minimum Gasteiger partial charge on any atom is -0.395 e. The van der Waals surface area contributed by atoms with Gasteiger partial charge in [-0.15, -0.1) is 0 Å². The van der Waals surface area contributed by atoms with Crippen molar-refractivity contribution in [3.05, 3.63) is 29.8 Å². The molecule has 5 nitrogen and oxygen atoms in total. The van der Waals surface area contributed by atoms with Crippen LogP contribution in [0, 0.1) is 11.3 Å². The summed E-state index contributed by atoms with van der Waals surface area (Å²) < 4.78 is 0. The van der Waals surface area contributed by atoms with E-state index < -0.39 is 0 Å². The van der Waals surface area contributed by atoms with Gasteiger partial charge in [0.15, 0.2) is 0 Å². The van der Waals surface area contributed by atoms with Gasteiger partial charge < -0.3 is 10.4 Å². The van der Waals surface area contributed by atoms with E-state index >= 15 is 0 Å². The van der Waals surface area contributed by atoms with Gasteiger partial charge in [0.05, 0.1) is 23.9 Å². The summed E-state index contributed by atoms with van der Waals surface area (Å²) in [4.78, 5) is 14.2. The number of carbonyl (C=O) groups excluding carboxylic acids is 1. The van der Waals surface area contributed by atoms with Crippen molar-refractivity contribution in [2.45, 2.75) is 32.9 Å². The summed E-state index contributed by atoms with van der Waals surface area (Å²) >= 11 is 0. The Morgan fingerprint density at radius 2 is 2.05 bits per heavy atom. The van der Waals surface area contributed by atoms with Gasteiger partial charge >= 0.3 is 0 Å². The van der Waals surface area contributed by atoms with Gasteiger partial charge in [-0.3, -0.25) is 9.69 Å². The second-order valence-corrected chi connectivity index (χ2v) is 4.88. The number of carbonyl (C=O) groups is 1. The lowest BCUT2D eigenvalue weighted by Crippen LogP contribution is -2.47. The second kappa shape index (κ2) is 7.63. The lowest BCUT2D eigenvalue weighted by molar-refractivity contribution is -0.121. The molecule has 0 aliphatic rings. The largest absolute Gasteiger partial charge is 0.395 e. The van der Waals surface area contributed by atoms with Gasteiger partial charge in [0.1, 0.15) is 6.07 Å². The number of nitrogens with one attached hydrogen (secondary N) is 1. The van der Waals surface area contributed by atoms with Crippen molar-refractivity contribution in [2.75, 3.05) is 18.5 Å². The van der Waals surface area contributed by atoms with Gasteiger partial charge in [0, 0.05) is 12.6 Å². The molecule has 0 heterocycles. The summed E-state index contributed by atoms with van der Waals surface area (Å²) in [5, 5.41) is 20.8. The smallest absolute Gasteiger partial charge is 0.241 e. The number of amides is 1. The minimum absolute atomic E-state index is 0.00455. The maximum absolute atomic E-state index is 12.3. The lowest BCUT2D eigenvalue weighted by atomic mass is 10.1. The number of nitrogens with zero attached hydrogens (tertiary/aromatic N) is 2. The van der Waals surface area contributed by atoms with Crippen LogP contribution in [0.2, 0.25) is 0 Å². The van der Waals surface area contributed by atoms with Crippen LogP contribution in [0.5, 0.6) is 0 Å². The van der Waals surface area contributed by atoms with E-state index in [-0.39, 0.29) is 24.6 Å². The SMILES string of the molecule is CC(C)N(CCO)C(C)C(=O)Nc1ccccc1C#N. The molecule has 1 unspecified atom stereocenters. The van der Waals surface area contributed by atoms with Crippen molar-refractivity contribution >= 4 is 11.6 Å². The van der Waals surface area contributed by atoms with E-state index in [1.807, 2.05) is 24.8 Å². The zero-order valence-corrected chi connectivity index (χ0v) is 12.1. The molecule has 1 rings (SSSR count). The van der Waals surface area contributed by atoms with E-state index in [2.05, 4.69) is 5.32 Å². The van der Waals surface area contributed by atoms with Crippen molar-refractivity contribution in [3.63, 3.8) is 0 Å². The highest BCUT2D eigenvalue weighted by Gasteiger charge is 2.23. The first kappa shape index (κ1) is 16.2. The topological polar surface area (TPSA) is 76.4 Å². The number of benzene rings is 1. The van der Waals surface area contributed by atoms with E-state index in [1.54, 1.807) is 31.2 Å². The zero-order chi connectivity index (χ0) is 15.1. The molecule has 0 saturated carbocycles. The molecule has 1 amide bonds. The molecule has 0 radical (unpaired) electrons. The Kier molecular flexibility index (Phi) is 6.16. The van der Waals surface area contributed by atoms with Crippen molar-refractivity contribution in [2.24, 2.45) is 0 Å². The molecular weight excluding hydrogens is 254 g/mol. The van der Waals surface area contributed by atoms with E-state index in [0.29, 0.717) is 17.8 Å². The standard InChI is InChI=1S/C15H21N3O2/c1-11(2)18(8-9-19)12(3)15(20)17-14-7-5-4-6-13(14)10-16/h4-7,11-12,19H,8-9H2,1-3H3,(H,17,20). The highest BCUT2D eigenvalue weighted by Crippen LogP contribution is 2.15. The molecule has 0 fully saturated rings. The van der Waals surface area contributed by atoms with Crippen LogP contribution in [0.3, 0.4) is 0 Å². The average molecular weight is 275 g/mol. The van der Waals surface area contributed by atoms with Crippen LogP contribution in [0.25, 0.3) is 0 Å². The fourth-order valence-corrected chi connectivity index (χ4v) is 2.09. The number of anilines is 1. The van der Waals surface area contributed by atoms with Gasteiger partial charge in [-0.1, -0.05) is 12.1 Å². The van der Waals surface area contributed by atoms with Gasteiger partial charge in [-0.2, -0.15) is 5.26 Å². The molecule has 108 valence electrons. The molecule has 0 aromatic heterocycles. The number of aliphatic hydroxyl groups excluding tert-OH is 1. The van der Waals surface area contributed by atoms with Crippen LogP contribution in [-0.4, -0.2) is 41.1 Å². The lowest BCUT2D eigenvalue weighted by Gasteiger charge is -2.31. The molecular formula is C15H21N3O2. The number of nitriles is 1. The number of para-hydroxylation sites is 1. The maximum atomic E-state index is 12.3. The maximum Gasteiger partial charge on any atom is 0.241 e. The Hall–Kier alpha value is -1.90. The molecule has 0 aliphatic carbocycles. The first-order valence-electron chi connectivity index (χ1n) is 6.67. The molecule has 0 aliphatic heterocycles. The second-order valence-electron chi connectivity index (χ2n) is 4.88. The Morgan fingerprint density at radius 3 is 2.60 bits per heavy atom. The van der Waals surface area contributed by atoms with E-state index in [9.17, 15) is 4.79 Å². The van der Waals surface area contributed by atoms with Crippen LogP contribution in [0.4, 0.5) is 5.69 Å². The van der Waals surface area contributed by atoms with E-state index in [1.165, 1.54) is 0 Å². The normalized spacial score (nSPS) is 12.2. The number of hydrogen-bond acceptors (Lipinski definition) is 4. The van der Waals surface area contributed by atoms with Crippen LogP contribution < -0.4 is 5.32 Å². The predicted molar refractivity (Wildman–Crippen MR) is 78.2 cm³/mol. The summed E-state index contributed by atoms with van der Waals surface area (Å²) in [6.07, 6.45) is 0. The summed E-state index contributed by atoms with van der Waals surface area (Å²) in [5.74, 6) is -0.185. The molecule has 20 heavy (non-hydrogen) atoms. The third-order valence-electron chi connectivity index (χ3n) is 3.20. The highest BCUT2D eigenvalue weighted by atomic mass is 16.3. The fraction of sp³-hybridized carbons (Fsp3) is 0.467. The Bertz CT molecular complexity index is 494. The van der Waals surface area contributed by atoms with Crippen molar-refractivity contribution < 1.29 is 9.90 Å². The summed E-state index contributed by atoms with van der Waals surface area (Å²) in [5.41, 5.74) is 0.950. The van der Waals surface area contributed by atoms with E-state index in [4.69, 9.17) is 10.4 Å². The first-order valence-corrected chi connectivity index (χ1v) is 6.67. The van der Waals surface area contributed by atoms with Crippen LogP contribution in [-0.2, 0) is 4.79 Å². The van der Waals surface area contributed by atoms with Crippen molar-refractivity contribution in [3.8, 4) is 6.07 Å². The van der Waals surface area contributed by atoms with Crippen LogP contribution in [0.1, 0.15) is 26.3 Å². The van der Waals surface area contributed by atoms with Crippen molar-refractivity contribution in [1.29, 1.82) is 5.26 Å².